The summed E-state index contributed by atoms with van der Waals surface area (Å²) in [4.78, 5) is -1.32. The summed E-state index contributed by atoms with van der Waals surface area (Å²) in [6.45, 7) is 15.0. The normalized spacial score (nSPS) is 40.8. The number of rotatable bonds is 10. The second kappa shape index (κ2) is 10.9. The summed E-state index contributed by atoms with van der Waals surface area (Å²) in [6.07, 6.45) is 16.3. The Bertz CT molecular complexity index is 933. The number of fused-ring (bicyclic) bond motifs is 5. The first-order chi connectivity index (χ1) is 17.6. The van der Waals surface area contributed by atoms with Crippen LogP contribution in [0.5, 0.6) is 0 Å². The molecule has 0 amide bonds. The number of hydrogen-bond acceptors (Lipinski definition) is 4. The molecule has 1 N–H and O–H groups in total. The lowest BCUT2D eigenvalue weighted by Gasteiger charge is -2.61. The van der Waals surface area contributed by atoms with E-state index in [1.54, 1.807) is 13.8 Å². The molecular weight excluding hydrogens is 492 g/mol. The maximum Gasteiger partial charge on any atom is 0.182 e. The molecule has 4 saturated carbocycles. The SMILES string of the molecule is CCC[C@@H](C)[C@H]1CCC2C3CCC4CC(NCCC[N+](C)(C)C(C)(C)S(=O)(=O)[O-])CC[C@]4(C)C3CC[C@@]21C. The van der Waals surface area contributed by atoms with Crippen LogP contribution in [0.2, 0.25) is 0 Å². The third-order valence-corrected chi connectivity index (χ3v) is 15.3. The molecule has 0 aromatic heterocycles. The molecule has 0 aromatic carbocycles. The zero-order valence-electron chi connectivity index (χ0n) is 26.0. The van der Waals surface area contributed by atoms with Gasteiger partial charge in [-0.15, -0.1) is 0 Å². The van der Waals surface area contributed by atoms with Gasteiger partial charge in [-0.25, -0.2) is 8.42 Å². The maximum absolute atomic E-state index is 11.8. The van der Waals surface area contributed by atoms with Gasteiger partial charge in [-0.2, -0.15) is 0 Å². The molecule has 0 bridgehead atoms. The monoisotopic (exact) mass is 552 g/mol. The Kier molecular flexibility index (Phi) is 8.84. The standard InChI is InChI=1S/C32H60N2O3S/c1-9-11-23(2)27-14-15-28-26-13-12-24-22-25(16-18-31(24,5)29(26)17-19-32(27,28)6)33-20-10-21-34(7,8)30(3,4)38(35,36)37/h23-29,33H,9-22H2,1-8H3/t23-,24?,25?,26?,27-,28?,29?,31+,32-/m1/s1. The molecule has 0 aromatic rings. The molecule has 0 spiro atoms. The van der Waals surface area contributed by atoms with E-state index in [9.17, 15) is 13.0 Å². The molecule has 4 aliphatic carbocycles. The molecule has 0 radical (unpaired) electrons. The largest absolute Gasteiger partial charge is 0.743 e. The van der Waals surface area contributed by atoms with E-state index in [1.807, 2.05) is 14.1 Å². The lowest BCUT2D eigenvalue weighted by Crippen LogP contribution is -2.60. The van der Waals surface area contributed by atoms with E-state index in [1.165, 1.54) is 70.6 Å². The van der Waals surface area contributed by atoms with Gasteiger partial charge < -0.3 is 14.4 Å². The van der Waals surface area contributed by atoms with Gasteiger partial charge in [0.2, 0.25) is 0 Å². The van der Waals surface area contributed by atoms with Gasteiger partial charge in [-0.1, -0.05) is 40.5 Å². The molecular formula is C32H60N2O3S. The maximum atomic E-state index is 11.8. The van der Waals surface area contributed by atoms with Gasteiger partial charge in [0.05, 0.1) is 20.6 Å². The summed E-state index contributed by atoms with van der Waals surface area (Å²) >= 11 is 0. The lowest BCUT2D eigenvalue weighted by atomic mass is 9.44. The summed E-state index contributed by atoms with van der Waals surface area (Å²) in [7, 11) is -0.631. The average molecular weight is 553 g/mol. The Morgan fingerprint density at radius 2 is 1.66 bits per heavy atom. The third-order valence-electron chi connectivity index (χ3n) is 13.6. The molecule has 4 rings (SSSR count). The van der Waals surface area contributed by atoms with Gasteiger partial charge in [-0.05, 0) is 104 Å². The van der Waals surface area contributed by atoms with Gasteiger partial charge in [0, 0.05) is 32.9 Å². The van der Waals surface area contributed by atoms with Crippen LogP contribution in [0, 0.1) is 46.3 Å². The fourth-order valence-corrected chi connectivity index (χ4v) is 11.1. The molecule has 38 heavy (non-hydrogen) atoms. The van der Waals surface area contributed by atoms with E-state index in [0.717, 1.165) is 48.5 Å². The van der Waals surface area contributed by atoms with Crippen molar-refractivity contribution >= 4 is 10.1 Å². The van der Waals surface area contributed by atoms with Crippen molar-refractivity contribution in [1.29, 1.82) is 0 Å². The number of nitrogens with zero attached hydrogens (tertiary/aromatic N) is 1. The van der Waals surface area contributed by atoms with Gasteiger partial charge in [0.1, 0.15) is 0 Å². The van der Waals surface area contributed by atoms with Crippen LogP contribution in [0.3, 0.4) is 0 Å². The summed E-state index contributed by atoms with van der Waals surface area (Å²) < 4.78 is 35.6. The highest BCUT2D eigenvalue weighted by Gasteiger charge is 2.60. The van der Waals surface area contributed by atoms with Crippen LogP contribution < -0.4 is 5.32 Å². The first kappa shape index (κ1) is 30.8. The fourth-order valence-electron chi connectivity index (χ4n) is 10.4. The Labute approximate surface area is 235 Å². The van der Waals surface area contributed by atoms with Crippen molar-refractivity contribution in [2.75, 3.05) is 27.2 Å². The van der Waals surface area contributed by atoms with Gasteiger partial charge in [-0.3, -0.25) is 0 Å². The summed E-state index contributed by atoms with van der Waals surface area (Å²) in [5.74, 6) is 5.52. The van der Waals surface area contributed by atoms with E-state index in [4.69, 9.17) is 0 Å². The van der Waals surface area contributed by atoms with Gasteiger partial charge in [0.15, 0.2) is 15.0 Å². The number of nitrogens with one attached hydrogen (secondary N) is 1. The first-order valence-corrected chi connectivity index (χ1v) is 17.5. The smallest absolute Gasteiger partial charge is 0.182 e. The summed E-state index contributed by atoms with van der Waals surface area (Å²) in [6, 6.07) is 0.580. The quantitative estimate of drug-likeness (QED) is 0.184. The molecule has 5 nitrogen and oxygen atoms in total. The molecule has 4 aliphatic rings. The van der Waals surface area contributed by atoms with Crippen LogP contribution in [-0.4, -0.2) is 55.6 Å². The van der Waals surface area contributed by atoms with Crippen molar-refractivity contribution in [3.8, 4) is 0 Å². The highest BCUT2D eigenvalue weighted by Crippen LogP contribution is 2.68. The van der Waals surface area contributed by atoms with Crippen molar-refractivity contribution in [3.05, 3.63) is 0 Å². The van der Waals surface area contributed by atoms with E-state index in [2.05, 4.69) is 33.0 Å². The number of quaternary nitrogens is 1. The van der Waals surface area contributed by atoms with Crippen LogP contribution in [0.15, 0.2) is 0 Å². The molecule has 9 atom stereocenters. The fraction of sp³-hybridized carbons (Fsp3) is 1.00. The van der Waals surface area contributed by atoms with E-state index < -0.39 is 15.0 Å². The molecule has 0 heterocycles. The zero-order chi connectivity index (χ0) is 28.1. The van der Waals surface area contributed by atoms with Crippen LogP contribution in [-0.2, 0) is 10.1 Å². The van der Waals surface area contributed by atoms with E-state index in [0.29, 0.717) is 23.4 Å². The topological polar surface area (TPSA) is 69.2 Å². The molecule has 6 heteroatoms. The predicted molar refractivity (Wildman–Crippen MR) is 156 cm³/mol. The first-order valence-electron chi connectivity index (χ1n) is 16.1. The lowest BCUT2D eigenvalue weighted by molar-refractivity contribution is -0.922. The van der Waals surface area contributed by atoms with Crippen molar-refractivity contribution in [2.24, 2.45) is 46.3 Å². The van der Waals surface area contributed by atoms with Gasteiger partial charge in [0.25, 0.3) is 0 Å². The Morgan fingerprint density at radius 3 is 2.32 bits per heavy atom. The third kappa shape index (κ3) is 5.27. The molecule has 4 fully saturated rings. The minimum atomic E-state index is -4.37. The van der Waals surface area contributed by atoms with E-state index >= 15 is 0 Å². The Balaban J connectivity index is 1.32. The average Bonchev–Trinajstić information content (AvgIpc) is 3.18. The second-order valence-electron chi connectivity index (χ2n) is 15.7. The molecule has 0 aliphatic heterocycles. The van der Waals surface area contributed by atoms with E-state index in [-0.39, 0.29) is 4.48 Å². The molecule has 0 saturated heterocycles. The Hall–Kier alpha value is -0.170. The highest BCUT2D eigenvalue weighted by atomic mass is 32.2. The Morgan fingerprint density at radius 1 is 1.00 bits per heavy atom. The van der Waals surface area contributed by atoms with Crippen LogP contribution >= 0.6 is 0 Å². The van der Waals surface area contributed by atoms with Crippen molar-refractivity contribution in [1.82, 2.24) is 5.32 Å². The van der Waals surface area contributed by atoms with Crippen molar-refractivity contribution in [2.45, 2.75) is 130 Å². The van der Waals surface area contributed by atoms with Crippen LogP contribution in [0.1, 0.15) is 119 Å². The minimum Gasteiger partial charge on any atom is -0.743 e. The molecule has 5 unspecified atom stereocenters. The number of hydrogen-bond donors (Lipinski definition) is 1. The summed E-state index contributed by atoms with van der Waals surface area (Å²) in [5, 5.41) is 3.84. The second-order valence-corrected chi connectivity index (χ2v) is 17.6. The zero-order valence-corrected chi connectivity index (χ0v) is 26.8. The van der Waals surface area contributed by atoms with Crippen LogP contribution in [0.4, 0.5) is 0 Å². The minimum absolute atomic E-state index is 0.201. The van der Waals surface area contributed by atoms with Crippen molar-refractivity contribution < 1.29 is 17.5 Å². The molecule has 222 valence electrons. The summed E-state index contributed by atoms with van der Waals surface area (Å²) in [5.41, 5.74) is 1.10. The van der Waals surface area contributed by atoms with Crippen molar-refractivity contribution in [3.63, 3.8) is 0 Å². The highest BCUT2D eigenvalue weighted by molar-refractivity contribution is 7.86. The van der Waals surface area contributed by atoms with Gasteiger partial charge >= 0.3 is 0 Å². The van der Waals surface area contributed by atoms with Crippen LogP contribution in [0.25, 0.3) is 0 Å². The predicted octanol–water partition coefficient (Wildman–Crippen LogP) is 6.79.